The molecule has 3 nitrogen and oxygen atoms in total. The Morgan fingerprint density at radius 3 is 2.69 bits per heavy atom. The summed E-state index contributed by atoms with van der Waals surface area (Å²) in [5, 5.41) is 11.3. The number of nitrogens with one attached hydrogen (secondary N) is 1. The zero-order valence-electron chi connectivity index (χ0n) is 9.56. The van der Waals surface area contributed by atoms with Gasteiger partial charge >= 0.3 is 5.97 Å². The molecule has 4 heteroatoms. The lowest BCUT2D eigenvalue weighted by molar-refractivity contribution is -0.135. The van der Waals surface area contributed by atoms with Crippen LogP contribution in [0.25, 0.3) is 0 Å². The van der Waals surface area contributed by atoms with Gasteiger partial charge in [-0.15, -0.1) is 12.4 Å². The standard InChI is InChI=1S/C12H17NO2.ClH/c1-9(2)11-5-3-4-10(6-11)7-13-8-12(14)15;/h3-6,9,13H,7-8H2,1-2H3,(H,14,15);1H. The van der Waals surface area contributed by atoms with Crippen molar-refractivity contribution in [1.82, 2.24) is 5.32 Å². The molecule has 1 aromatic rings. The topological polar surface area (TPSA) is 49.3 Å². The van der Waals surface area contributed by atoms with E-state index in [9.17, 15) is 4.79 Å². The Labute approximate surface area is 102 Å². The summed E-state index contributed by atoms with van der Waals surface area (Å²) in [5.41, 5.74) is 2.41. The Hall–Kier alpha value is -1.06. The van der Waals surface area contributed by atoms with E-state index in [2.05, 4.69) is 31.3 Å². The molecule has 0 aliphatic heterocycles. The fourth-order valence-corrected chi connectivity index (χ4v) is 1.38. The number of benzene rings is 1. The molecular formula is C12H18ClNO2. The number of aliphatic carboxylic acids is 1. The van der Waals surface area contributed by atoms with Gasteiger partial charge < -0.3 is 10.4 Å². The Morgan fingerprint density at radius 2 is 2.12 bits per heavy atom. The molecule has 0 amide bonds. The molecule has 0 aromatic heterocycles. The van der Waals surface area contributed by atoms with E-state index in [0.29, 0.717) is 12.5 Å². The second kappa shape index (κ2) is 7.25. The first-order valence-corrected chi connectivity index (χ1v) is 5.11. The highest BCUT2D eigenvalue weighted by Crippen LogP contribution is 2.15. The molecule has 1 rings (SSSR count). The minimum absolute atomic E-state index is 0. The molecule has 0 unspecified atom stereocenters. The molecule has 0 atom stereocenters. The highest BCUT2D eigenvalue weighted by molar-refractivity contribution is 5.85. The maximum absolute atomic E-state index is 10.3. The van der Waals surface area contributed by atoms with Crippen LogP contribution in [0.15, 0.2) is 24.3 Å². The molecule has 0 saturated carbocycles. The summed E-state index contributed by atoms with van der Waals surface area (Å²) in [5.74, 6) is -0.320. The van der Waals surface area contributed by atoms with Crippen molar-refractivity contribution in [3.05, 3.63) is 35.4 Å². The van der Waals surface area contributed by atoms with Gasteiger partial charge in [0.1, 0.15) is 0 Å². The Balaban J connectivity index is 0.00000225. The van der Waals surface area contributed by atoms with E-state index in [1.54, 1.807) is 0 Å². The average Bonchev–Trinajstić information content (AvgIpc) is 2.17. The van der Waals surface area contributed by atoms with E-state index in [0.717, 1.165) is 5.56 Å². The smallest absolute Gasteiger partial charge is 0.317 e. The third-order valence-corrected chi connectivity index (χ3v) is 2.22. The third kappa shape index (κ3) is 5.14. The summed E-state index contributed by atoms with van der Waals surface area (Å²) in [6.07, 6.45) is 0. The van der Waals surface area contributed by atoms with Crippen LogP contribution in [-0.2, 0) is 11.3 Å². The van der Waals surface area contributed by atoms with Gasteiger partial charge in [-0.25, -0.2) is 0 Å². The normalized spacial score (nSPS) is 9.94. The molecular weight excluding hydrogens is 226 g/mol. The van der Waals surface area contributed by atoms with E-state index in [-0.39, 0.29) is 19.0 Å². The van der Waals surface area contributed by atoms with Gasteiger partial charge in [-0.3, -0.25) is 4.79 Å². The summed E-state index contributed by atoms with van der Waals surface area (Å²) in [7, 11) is 0. The molecule has 0 aliphatic carbocycles. The van der Waals surface area contributed by atoms with Gasteiger partial charge in [-0.2, -0.15) is 0 Å². The second-order valence-electron chi connectivity index (χ2n) is 3.90. The lowest BCUT2D eigenvalue weighted by atomic mass is 10.0. The van der Waals surface area contributed by atoms with Crippen molar-refractivity contribution >= 4 is 18.4 Å². The molecule has 0 radical (unpaired) electrons. The van der Waals surface area contributed by atoms with Crippen molar-refractivity contribution in [3.8, 4) is 0 Å². The number of carboxylic acids is 1. The van der Waals surface area contributed by atoms with E-state index in [1.807, 2.05) is 12.1 Å². The van der Waals surface area contributed by atoms with Crippen molar-refractivity contribution in [2.45, 2.75) is 26.3 Å². The van der Waals surface area contributed by atoms with Crippen molar-refractivity contribution in [2.24, 2.45) is 0 Å². The molecule has 90 valence electrons. The van der Waals surface area contributed by atoms with Gasteiger partial charge in [-0.1, -0.05) is 38.1 Å². The van der Waals surface area contributed by atoms with Gasteiger partial charge in [0.2, 0.25) is 0 Å². The Morgan fingerprint density at radius 1 is 1.44 bits per heavy atom. The SMILES string of the molecule is CC(C)c1cccc(CNCC(=O)O)c1.Cl. The molecule has 1 aromatic carbocycles. The fraction of sp³-hybridized carbons (Fsp3) is 0.417. The molecule has 0 bridgehead atoms. The zero-order valence-corrected chi connectivity index (χ0v) is 10.4. The maximum Gasteiger partial charge on any atom is 0.317 e. The molecule has 0 aliphatic rings. The van der Waals surface area contributed by atoms with Gasteiger partial charge in [0, 0.05) is 6.54 Å². The number of hydrogen-bond donors (Lipinski definition) is 2. The predicted molar refractivity (Wildman–Crippen MR) is 67.1 cm³/mol. The van der Waals surface area contributed by atoms with Crippen LogP contribution < -0.4 is 5.32 Å². The third-order valence-electron chi connectivity index (χ3n) is 2.22. The number of carbonyl (C=O) groups is 1. The van der Waals surface area contributed by atoms with Crippen molar-refractivity contribution < 1.29 is 9.90 Å². The van der Waals surface area contributed by atoms with Crippen LogP contribution >= 0.6 is 12.4 Å². The van der Waals surface area contributed by atoms with Crippen LogP contribution in [0.5, 0.6) is 0 Å². The van der Waals surface area contributed by atoms with Gasteiger partial charge in [0.15, 0.2) is 0 Å². The largest absolute Gasteiger partial charge is 0.480 e. The summed E-state index contributed by atoms with van der Waals surface area (Å²) < 4.78 is 0. The quantitative estimate of drug-likeness (QED) is 0.835. The number of halogens is 1. The molecule has 16 heavy (non-hydrogen) atoms. The van der Waals surface area contributed by atoms with Crippen molar-refractivity contribution in [2.75, 3.05) is 6.54 Å². The number of rotatable bonds is 5. The lowest BCUT2D eigenvalue weighted by Gasteiger charge is -2.08. The van der Waals surface area contributed by atoms with Crippen LogP contribution in [0.1, 0.15) is 30.9 Å². The molecule has 0 spiro atoms. The van der Waals surface area contributed by atoms with Crippen LogP contribution in [0.4, 0.5) is 0 Å². The first-order chi connectivity index (χ1) is 7.09. The average molecular weight is 244 g/mol. The minimum Gasteiger partial charge on any atom is -0.480 e. The first kappa shape index (κ1) is 14.9. The molecule has 2 N–H and O–H groups in total. The first-order valence-electron chi connectivity index (χ1n) is 5.11. The van der Waals surface area contributed by atoms with Crippen LogP contribution in [-0.4, -0.2) is 17.6 Å². The van der Waals surface area contributed by atoms with Gasteiger partial charge in [0.25, 0.3) is 0 Å². The Bertz CT molecular complexity index is 340. The van der Waals surface area contributed by atoms with Crippen LogP contribution in [0.3, 0.4) is 0 Å². The number of carboxylic acid groups (broad SMARTS) is 1. The summed E-state index contributed by atoms with van der Waals surface area (Å²) in [6, 6.07) is 8.21. The molecule has 0 fully saturated rings. The fourth-order valence-electron chi connectivity index (χ4n) is 1.38. The predicted octanol–water partition coefficient (Wildman–Crippen LogP) is 2.41. The highest BCUT2D eigenvalue weighted by Gasteiger charge is 2.00. The summed E-state index contributed by atoms with van der Waals surface area (Å²) >= 11 is 0. The second-order valence-corrected chi connectivity index (χ2v) is 3.90. The van der Waals surface area contributed by atoms with Crippen LogP contribution in [0.2, 0.25) is 0 Å². The monoisotopic (exact) mass is 243 g/mol. The Kier molecular flexibility index (Phi) is 6.77. The van der Waals surface area contributed by atoms with E-state index >= 15 is 0 Å². The molecule has 0 saturated heterocycles. The minimum atomic E-state index is -0.824. The molecule has 0 heterocycles. The van der Waals surface area contributed by atoms with Crippen molar-refractivity contribution in [1.29, 1.82) is 0 Å². The van der Waals surface area contributed by atoms with Crippen LogP contribution in [0, 0.1) is 0 Å². The number of hydrogen-bond acceptors (Lipinski definition) is 2. The van der Waals surface area contributed by atoms with Gasteiger partial charge in [-0.05, 0) is 17.0 Å². The summed E-state index contributed by atoms with van der Waals surface area (Å²) in [6.45, 7) is 4.90. The highest BCUT2D eigenvalue weighted by atomic mass is 35.5. The zero-order chi connectivity index (χ0) is 11.3. The van der Waals surface area contributed by atoms with Crippen molar-refractivity contribution in [3.63, 3.8) is 0 Å². The summed E-state index contributed by atoms with van der Waals surface area (Å²) in [4.78, 5) is 10.3. The van der Waals surface area contributed by atoms with E-state index in [4.69, 9.17) is 5.11 Å². The van der Waals surface area contributed by atoms with E-state index in [1.165, 1.54) is 5.56 Å². The van der Waals surface area contributed by atoms with E-state index < -0.39 is 5.97 Å². The lowest BCUT2D eigenvalue weighted by Crippen LogP contribution is -2.21. The van der Waals surface area contributed by atoms with Gasteiger partial charge in [0.05, 0.1) is 6.54 Å². The maximum atomic E-state index is 10.3.